The maximum absolute atomic E-state index is 2.71. The van der Waals surface area contributed by atoms with E-state index < -0.39 is 0 Å². The van der Waals surface area contributed by atoms with Gasteiger partial charge in [-0.3, -0.25) is 9.80 Å². The minimum Gasteiger partial charge on any atom is -0.324 e. The topological polar surface area (TPSA) is 6.48 Å². The molecule has 0 amide bonds. The van der Waals surface area contributed by atoms with Gasteiger partial charge in [-0.05, 0) is 39.8 Å². The molecular formula is C24H52N4+2. The van der Waals surface area contributed by atoms with Crippen molar-refractivity contribution in [3.63, 3.8) is 0 Å². The number of rotatable bonds is 13. The Morgan fingerprint density at radius 2 is 0.786 bits per heavy atom. The van der Waals surface area contributed by atoms with Crippen LogP contribution in [0.25, 0.3) is 0 Å². The second-order valence-electron chi connectivity index (χ2n) is 10.3. The molecule has 2 heterocycles. The summed E-state index contributed by atoms with van der Waals surface area (Å²) in [7, 11) is 4.84. The molecule has 2 aliphatic heterocycles. The Labute approximate surface area is 177 Å². The lowest BCUT2D eigenvalue weighted by atomic mass is 10.1. The van der Waals surface area contributed by atoms with Crippen LogP contribution in [0, 0.1) is 0 Å². The lowest BCUT2D eigenvalue weighted by Crippen LogP contribution is -2.57. The average Bonchev–Trinajstić information content (AvgIpc) is 2.72. The Balaban J connectivity index is 1.34. The van der Waals surface area contributed by atoms with Gasteiger partial charge in [-0.1, -0.05) is 38.5 Å². The predicted octanol–water partition coefficient (Wildman–Crippen LogP) is 3.67. The van der Waals surface area contributed by atoms with Crippen molar-refractivity contribution < 1.29 is 8.97 Å². The standard InChI is InChI=1S/C24H52N4/c1-5-27(3)21-17-25(18-22-27)15-13-11-9-7-8-10-12-14-16-26-19-23-28(4,6-2)24-20-26/h5-24H2,1-4H3/q+2. The van der Waals surface area contributed by atoms with Crippen LogP contribution in [0.3, 0.4) is 0 Å². The normalized spacial score (nSPS) is 23.1. The summed E-state index contributed by atoms with van der Waals surface area (Å²) in [6.07, 6.45) is 11.5. The number of piperazine rings is 2. The average molecular weight is 397 g/mol. The van der Waals surface area contributed by atoms with Crippen LogP contribution in [-0.2, 0) is 0 Å². The quantitative estimate of drug-likeness (QED) is 0.346. The van der Waals surface area contributed by atoms with Crippen LogP contribution < -0.4 is 0 Å². The minimum absolute atomic E-state index is 1.28. The summed E-state index contributed by atoms with van der Waals surface area (Å²) in [5.74, 6) is 0. The highest BCUT2D eigenvalue weighted by Gasteiger charge is 2.27. The summed E-state index contributed by atoms with van der Waals surface area (Å²) in [4.78, 5) is 5.41. The zero-order chi connectivity index (χ0) is 20.3. The van der Waals surface area contributed by atoms with E-state index in [4.69, 9.17) is 0 Å². The van der Waals surface area contributed by atoms with Crippen LogP contribution in [0.2, 0.25) is 0 Å². The summed E-state index contributed by atoms with van der Waals surface area (Å²) in [6.45, 7) is 20.6. The largest absolute Gasteiger partial charge is 0.324 e. The Kier molecular flexibility index (Phi) is 10.8. The molecule has 0 saturated carbocycles. The molecule has 0 unspecified atom stereocenters. The zero-order valence-electron chi connectivity index (χ0n) is 19.9. The monoisotopic (exact) mass is 396 g/mol. The van der Waals surface area contributed by atoms with E-state index in [1.54, 1.807) is 0 Å². The number of hydrogen-bond acceptors (Lipinski definition) is 2. The molecule has 2 fully saturated rings. The fraction of sp³-hybridized carbons (Fsp3) is 1.00. The third-order valence-electron chi connectivity index (χ3n) is 8.05. The van der Waals surface area contributed by atoms with Crippen molar-refractivity contribution in [1.82, 2.24) is 9.80 Å². The van der Waals surface area contributed by atoms with E-state index in [0.717, 1.165) is 0 Å². The van der Waals surface area contributed by atoms with E-state index in [0.29, 0.717) is 0 Å². The maximum Gasteiger partial charge on any atom is 0.0914 e. The zero-order valence-corrected chi connectivity index (χ0v) is 19.9. The van der Waals surface area contributed by atoms with Crippen molar-refractivity contribution in [3.05, 3.63) is 0 Å². The van der Waals surface area contributed by atoms with Gasteiger partial charge in [-0.15, -0.1) is 0 Å². The Morgan fingerprint density at radius 1 is 0.500 bits per heavy atom. The van der Waals surface area contributed by atoms with Crippen molar-refractivity contribution in [2.75, 3.05) is 92.6 Å². The van der Waals surface area contributed by atoms with Gasteiger partial charge in [-0.25, -0.2) is 0 Å². The van der Waals surface area contributed by atoms with Crippen LogP contribution in [0.1, 0.15) is 65.2 Å². The predicted molar refractivity (Wildman–Crippen MR) is 123 cm³/mol. The van der Waals surface area contributed by atoms with E-state index in [1.165, 1.54) is 139 Å². The van der Waals surface area contributed by atoms with Crippen LogP contribution >= 0.6 is 0 Å². The van der Waals surface area contributed by atoms with E-state index in [1.807, 2.05) is 0 Å². The summed E-state index contributed by atoms with van der Waals surface area (Å²) in [6, 6.07) is 0. The number of likely N-dealkylation sites (N-methyl/N-ethyl adjacent to an activating group) is 2. The van der Waals surface area contributed by atoms with Crippen molar-refractivity contribution in [1.29, 1.82) is 0 Å². The molecule has 4 nitrogen and oxygen atoms in total. The van der Waals surface area contributed by atoms with Crippen molar-refractivity contribution in [2.45, 2.75) is 65.2 Å². The molecule has 0 aliphatic carbocycles. The fourth-order valence-corrected chi connectivity index (χ4v) is 4.79. The molecular weight excluding hydrogens is 344 g/mol. The van der Waals surface area contributed by atoms with Gasteiger partial charge in [0.05, 0.1) is 53.4 Å². The Bertz CT molecular complexity index is 357. The summed E-state index contributed by atoms with van der Waals surface area (Å²) < 4.78 is 2.57. The lowest BCUT2D eigenvalue weighted by Gasteiger charge is -2.41. The van der Waals surface area contributed by atoms with Crippen LogP contribution in [0.4, 0.5) is 0 Å². The molecule has 2 rings (SSSR count). The molecule has 2 saturated heterocycles. The van der Waals surface area contributed by atoms with Crippen molar-refractivity contribution in [2.24, 2.45) is 0 Å². The van der Waals surface area contributed by atoms with Crippen molar-refractivity contribution in [3.8, 4) is 0 Å². The highest BCUT2D eigenvalue weighted by atomic mass is 15.4. The van der Waals surface area contributed by atoms with Crippen molar-refractivity contribution >= 4 is 0 Å². The van der Waals surface area contributed by atoms with Gasteiger partial charge in [0, 0.05) is 26.2 Å². The van der Waals surface area contributed by atoms with E-state index >= 15 is 0 Å². The third-order valence-corrected chi connectivity index (χ3v) is 8.05. The molecule has 28 heavy (non-hydrogen) atoms. The molecule has 0 spiro atoms. The van der Waals surface area contributed by atoms with Gasteiger partial charge in [0.15, 0.2) is 0 Å². The van der Waals surface area contributed by atoms with E-state index in [-0.39, 0.29) is 0 Å². The van der Waals surface area contributed by atoms with Crippen LogP contribution in [-0.4, -0.2) is 111 Å². The first kappa shape index (κ1) is 24.1. The molecule has 4 heteroatoms. The third kappa shape index (κ3) is 8.69. The highest BCUT2D eigenvalue weighted by Crippen LogP contribution is 2.14. The molecule has 0 aromatic carbocycles. The summed E-state index contributed by atoms with van der Waals surface area (Å²) >= 11 is 0. The molecule has 2 aliphatic rings. The van der Waals surface area contributed by atoms with E-state index in [9.17, 15) is 0 Å². The molecule has 0 aromatic rings. The van der Waals surface area contributed by atoms with Gasteiger partial charge >= 0.3 is 0 Å². The van der Waals surface area contributed by atoms with Gasteiger partial charge < -0.3 is 8.97 Å². The lowest BCUT2D eigenvalue weighted by molar-refractivity contribution is -0.911. The van der Waals surface area contributed by atoms with Gasteiger partial charge in [0.2, 0.25) is 0 Å². The summed E-state index contributed by atoms with van der Waals surface area (Å²) in [5.41, 5.74) is 0. The molecule has 0 atom stereocenters. The first-order valence-electron chi connectivity index (χ1n) is 12.6. The number of unbranched alkanes of at least 4 members (excludes halogenated alkanes) is 7. The second-order valence-corrected chi connectivity index (χ2v) is 10.3. The summed E-state index contributed by atoms with van der Waals surface area (Å²) in [5, 5.41) is 0. The van der Waals surface area contributed by atoms with Crippen LogP contribution in [0.5, 0.6) is 0 Å². The molecule has 0 aromatic heterocycles. The van der Waals surface area contributed by atoms with Gasteiger partial charge in [-0.2, -0.15) is 0 Å². The highest BCUT2D eigenvalue weighted by molar-refractivity contribution is 4.64. The van der Waals surface area contributed by atoms with Crippen LogP contribution in [0.15, 0.2) is 0 Å². The SMILES string of the molecule is CC[N+]1(C)CCN(CCCCCCCCCCN2CC[N+](C)(CC)CC2)CC1. The first-order chi connectivity index (χ1) is 13.5. The minimum atomic E-state index is 1.28. The first-order valence-corrected chi connectivity index (χ1v) is 12.6. The smallest absolute Gasteiger partial charge is 0.0914 e. The van der Waals surface area contributed by atoms with Gasteiger partial charge in [0.25, 0.3) is 0 Å². The molecule has 166 valence electrons. The molecule has 0 N–H and O–H groups in total. The van der Waals surface area contributed by atoms with Gasteiger partial charge in [0.1, 0.15) is 0 Å². The second kappa shape index (κ2) is 12.5. The molecule has 0 radical (unpaired) electrons. The maximum atomic E-state index is 2.71. The van der Waals surface area contributed by atoms with E-state index in [2.05, 4.69) is 37.7 Å². The number of quaternary nitrogens is 2. The number of nitrogens with zero attached hydrogens (tertiary/aromatic N) is 4. The number of hydrogen-bond donors (Lipinski definition) is 0. The Morgan fingerprint density at radius 3 is 1.07 bits per heavy atom. The molecule has 0 bridgehead atoms. The Hall–Kier alpha value is -0.160. The fourth-order valence-electron chi connectivity index (χ4n) is 4.79.